The van der Waals surface area contributed by atoms with Gasteiger partial charge in [-0.15, -0.1) is 0 Å². The van der Waals surface area contributed by atoms with Gasteiger partial charge in [0.25, 0.3) is 11.1 Å². The van der Waals surface area contributed by atoms with E-state index >= 15 is 0 Å². The average Bonchev–Trinajstić information content (AvgIpc) is 3.01. The summed E-state index contributed by atoms with van der Waals surface area (Å²) in [5, 5.41) is 1.74. The number of benzene rings is 3. The van der Waals surface area contributed by atoms with Gasteiger partial charge in [0.2, 0.25) is 0 Å². The van der Waals surface area contributed by atoms with Gasteiger partial charge in [-0.2, -0.15) is 8.78 Å². The van der Waals surface area contributed by atoms with E-state index in [-0.39, 0.29) is 28.2 Å². The molecule has 1 heterocycles. The Morgan fingerprint density at radius 1 is 1.00 bits per heavy atom. The zero-order chi connectivity index (χ0) is 22.0. The molecule has 31 heavy (non-hydrogen) atoms. The quantitative estimate of drug-likeness (QED) is 0.460. The highest BCUT2D eigenvalue weighted by molar-refractivity contribution is 8.18. The van der Waals surface area contributed by atoms with Crippen molar-refractivity contribution in [3.8, 4) is 11.5 Å². The molecule has 158 valence electrons. The summed E-state index contributed by atoms with van der Waals surface area (Å²) in [6.07, 6.45) is 1.53. The van der Waals surface area contributed by atoms with Crippen LogP contribution >= 0.6 is 11.8 Å². The van der Waals surface area contributed by atoms with Crippen LogP contribution in [0.4, 0.5) is 13.6 Å². The van der Waals surface area contributed by atoms with Crippen molar-refractivity contribution in [2.45, 2.75) is 13.2 Å². The summed E-state index contributed by atoms with van der Waals surface area (Å²) < 4.78 is 34.5. The number of amides is 2. The molecule has 0 atom stereocenters. The molecule has 0 N–H and O–H groups in total. The maximum atomic E-state index is 12.8. The molecule has 4 rings (SSSR count). The van der Waals surface area contributed by atoms with Crippen molar-refractivity contribution in [1.29, 1.82) is 0 Å². The van der Waals surface area contributed by atoms with Gasteiger partial charge in [-0.1, -0.05) is 42.5 Å². The molecule has 0 bridgehead atoms. The second-order valence-electron chi connectivity index (χ2n) is 6.74. The summed E-state index contributed by atoms with van der Waals surface area (Å²) in [5.41, 5.74) is 1.37. The number of imide groups is 1. The molecular weight excluding hydrogens is 424 g/mol. The van der Waals surface area contributed by atoms with E-state index in [2.05, 4.69) is 4.74 Å². The van der Waals surface area contributed by atoms with Crippen molar-refractivity contribution >= 4 is 39.8 Å². The van der Waals surface area contributed by atoms with Gasteiger partial charge in [-0.3, -0.25) is 14.5 Å². The summed E-state index contributed by atoms with van der Waals surface area (Å²) in [4.78, 5) is 26.7. The molecule has 3 aromatic carbocycles. The van der Waals surface area contributed by atoms with Crippen LogP contribution in [-0.2, 0) is 11.3 Å². The molecular formula is C23H17F2NO4S. The Balaban J connectivity index is 1.55. The molecule has 1 aliphatic heterocycles. The van der Waals surface area contributed by atoms with Crippen molar-refractivity contribution in [1.82, 2.24) is 4.90 Å². The van der Waals surface area contributed by atoms with Crippen LogP contribution in [0.25, 0.3) is 16.8 Å². The highest BCUT2D eigenvalue weighted by Gasteiger charge is 2.35. The second kappa shape index (κ2) is 8.77. The summed E-state index contributed by atoms with van der Waals surface area (Å²) >= 11 is 0.834. The minimum absolute atomic E-state index is 0.101. The summed E-state index contributed by atoms with van der Waals surface area (Å²) in [7, 11) is 1.33. The summed E-state index contributed by atoms with van der Waals surface area (Å²) in [6, 6.07) is 18.0. The lowest BCUT2D eigenvalue weighted by Crippen LogP contribution is -2.27. The predicted octanol–water partition coefficient (Wildman–Crippen LogP) is 5.69. The second-order valence-corrected chi connectivity index (χ2v) is 7.73. The molecule has 8 heteroatoms. The van der Waals surface area contributed by atoms with Crippen LogP contribution in [0.15, 0.2) is 65.6 Å². The number of alkyl halides is 2. The zero-order valence-corrected chi connectivity index (χ0v) is 17.2. The number of fused-ring (bicyclic) bond motifs is 1. The molecule has 0 unspecified atom stereocenters. The molecule has 2 amide bonds. The lowest BCUT2D eigenvalue weighted by molar-refractivity contribution is -0.123. The van der Waals surface area contributed by atoms with Crippen molar-refractivity contribution < 1.29 is 27.8 Å². The summed E-state index contributed by atoms with van der Waals surface area (Å²) in [6.45, 7) is -2.82. The smallest absolute Gasteiger partial charge is 0.387 e. The Hall–Kier alpha value is -3.39. The minimum atomic E-state index is -2.98. The lowest BCUT2D eigenvalue weighted by atomic mass is 10.1. The topological polar surface area (TPSA) is 55.8 Å². The minimum Gasteiger partial charge on any atom is -0.493 e. The van der Waals surface area contributed by atoms with E-state index in [1.54, 1.807) is 0 Å². The number of hydrogen-bond acceptors (Lipinski definition) is 5. The number of methoxy groups -OCH3 is 1. The third-order valence-corrected chi connectivity index (χ3v) is 5.64. The molecule has 1 fully saturated rings. The van der Waals surface area contributed by atoms with Crippen LogP contribution < -0.4 is 9.47 Å². The van der Waals surface area contributed by atoms with Gasteiger partial charge in [0.05, 0.1) is 18.6 Å². The van der Waals surface area contributed by atoms with Crippen molar-refractivity contribution in [3.05, 3.63) is 76.7 Å². The highest BCUT2D eigenvalue weighted by atomic mass is 32.2. The standard InChI is InChI=1S/C23H17F2NO4S/c1-29-19-11-14(7-9-18(19)30-22(24)25)12-20-21(27)26(23(28)31-20)13-15-6-8-16-4-2-3-5-17(16)10-15/h2-12,22H,13H2,1H3/b20-12-. The maximum Gasteiger partial charge on any atom is 0.387 e. The van der Waals surface area contributed by atoms with E-state index in [1.165, 1.54) is 36.3 Å². The van der Waals surface area contributed by atoms with Gasteiger partial charge in [0.1, 0.15) is 0 Å². The fourth-order valence-corrected chi connectivity index (χ4v) is 4.11. The van der Waals surface area contributed by atoms with Crippen LogP contribution in [0.2, 0.25) is 0 Å². The number of carbonyl (C=O) groups is 2. The zero-order valence-electron chi connectivity index (χ0n) is 16.4. The molecule has 0 aromatic heterocycles. The number of carbonyl (C=O) groups excluding carboxylic acids is 2. The van der Waals surface area contributed by atoms with Gasteiger partial charge in [0, 0.05) is 0 Å². The first-order chi connectivity index (χ1) is 14.9. The van der Waals surface area contributed by atoms with E-state index in [4.69, 9.17) is 4.74 Å². The third-order valence-electron chi connectivity index (χ3n) is 4.73. The Labute approximate surface area is 181 Å². The first kappa shape index (κ1) is 20.9. The molecule has 0 radical (unpaired) electrons. The molecule has 0 aliphatic carbocycles. The predicted molar refractivity (Wildman–Crippen MR) is 115 cm³/mol. The first-order valence-electron chi connectivity index (χ1n) is 9.30. The Morgan fingerprint density at radius 2 is 1.77 bits per heavy atom. The number of halogens is 2. The van der Waals surface area contributed by atoms with E-state index in [9.17, 15) is 18.4 Å². The van der Waals surface area contributed by atoms with Crippen LogP contribution in [0.1, 0.15) is 11.1 Å². The Morgan fingerprint density at radius 3 is 2.52 bits per heavy atom. The number of ether oxygens (including phenoxy) is 2. The van der Waals surface area contributed by atoms with E-state index in [0.717, 1.165) is 28.1 Å². The number of thioether (sulfide) groups is 1. The molecule has 1 saturated heterocycles. The SMILES string of the molecule is COc1cc(/C=C2\SC(=O)N(Cc3ccc4ccccc4c3)C2=O)ccc1OC(F)F. The highest BCUT2D eigenvalue weighted by Crippen LogP contribution is 2.35. The molecule has 0 spiro atoms. The maximum absolute atomic E-state index is 12.8. The van der Waals surface area contributed by atoms with Gasteiger partial charge in [-0.25, -0.2) is 0 Å². The monoisotopic (exact) mass is 441 g/mol. The Bertz CT molecular complexity index is 1200. The number of hydrogen-bond donors (Lipinski definition) is 0. The number of nitrogens with zero attached hydrogens (tertiary/aromatic N) is 1. The van der Waals surface area contributed by atoms with Gasteiger partial charge >= 0.3 is 6.61 Å². The van der Waals surface area contributed by atoms with Gasteiger partial charge in [0.15, 0.2) is 11.5 Å². The van der Waals surface area contributed by atoms with Crippen LogP contribution in [-0.4, -0.2) is 29.8 Å². The fourth-order valence-electron chi connectivity index (χ4n) is 3.27. The molecule has 3 aromatic rings. The third kappa shape index (κ3) is 4.54. The van der Waals surface area contributed by atoms with Crippen LogP contribution in [0.5, 0.6) is 11.5 Å². The fraction of sp³-hybridized carbons (Fsp3) is 0.130. The lowest BCUT2D eigenvalue weighted by Gasteiger charge is -2.13. The molecule has 1 aliphatic rings. The van der Waals surface area contributed by atoms with Gasteiger partial charge < -0.3 is 9.47 Å². The van der Waals surface area contributed by atoms with E-state index in [0.29, 0.717) is 5.56 Å². The van der Waals surface area contributed by atoms with Crippen LogP contribution in [0, 0.1) is 0 Å². The summed E-state index contributed by atoms with van der Waals surface area (Å²) in [5.74, 6) is -0.418. The normalized spacial score (nSPS) is 15.4. The van der Waals surface area contributed by atoms with Crippen molar-refractivity contribution in [2.24, 2.45) is 0 Å². The number of rotatable bonds is 6. The van der Waals surface area contributed by atoms with E-state index < -0.39 is 12.5 Å². The van der Waals surface area contributed by atoms with Crippen molar-refractivity contribution in [3.63, 3.8) is 0 Å². The average molecular weight is 441 g/mol. The van der Waals surface area contributed by atoms with E-state index in [1.807, 2.05) is 42.5 Å². The largest absolute Gasteiger partial charge is 0.493 e. The Kier molecular flexibility index (Phi) is 5.90. The molecule has 0 saturated carbocycles. The molecule has 5 nitrogen and oxygen atoms in total. The van der Waals surface area contributed by atoms with Crippen molar-refractivity contribution in [2.75, 3.05) is 7.11 Å². The van der Waals surface area contributed by atoms with Crippen LogP contribution in [0.3, 0.4) is 0 Å². The first-order valence-corrected chi connectivity index (χ1v) is 10.1. The van der Waals surface area contributed by atoms with Gasteiger partial charge in [-0.05, 0) is 57.9 Å².